The van der Waals surface area contributed by atoms with Gasteiger partial charge < -0.3 is 23.6 Å². The highest BCUT2D eigenvalue weighted by atomic mass is 16.8. The third-order valence-electron chi connectivity index (χ3n) is 5.99. The van der Waals surface area contributed by atoms with Crippen LogP contribution in [0.15, 0.2) is 54.6 Å². The van der Waals surface area contributed by atoms with Crippen LogP contribution in [0.3, 0.4) is 0 Å². The number of hydrogen-bond acceptors (Lipinski definition) is 5. The fraction of sp³-hybridized carbons (Fsp3) is 0.381. The van der Waals surface area contributed by atoms with Crippen molar-refractivity contribution in [3.63, 3.8) is 0 Å². The molecule has 2 aliphatic heterocycles. The molecule has 2 fully saturated rings. The van der Waals surface area contributed by atoms with Crippen molar-refractivity contribution in [2.24, 2.45) is 0 Å². The number of ether oxygens (including phenoxy) is 1. The zero-order chi connectivity index (χ0) is 20.2. The number of carbonyl (C=O) groups is 1. The van der Waals surface area contributed by atoms with Gasteiger partial charge in [0.2, 0.25) is 0 Å². The average Bonchev–Trinajstić information content (AvgIpc) is 3.02. The van der Waals surface area contributed by atoms with E-state index in [1.165, 1.54) is 0 Å². The van der Waals surface area contributed by atoms with Gasteiger partial charge in [-0.25, -0.2) is 4.79 Å². The van der Waals surface area contributed by atoms with Crippen LogP contribution in [0, 0.1) is 0 Å². The number of methoxy groups -OCH3 is 1. The quantitative estimate of drug-likeness (QED) is 0.733. The summed E-state index contributed by atoms with van der Waals surface area (Å²) >= 11 is 0. The largest absolute Gasteiger partial charge is 0.625 e. The smallest absolute Gasteiger partial charge is 0.466 e. The summed E-state index contributed by atoms with van der Waals surface area (Å²) in [6.07, 6.45) is -0.486. The number of benzene rings is 2. The van der Waals surface area contributed by atoms with Gasteiger partial charge >= 0.3 is 12.8 Å². The third-order valence-corrected chi connectivity index (χ3v) is 5.99. The Hall–Kier alpha value is -2.51. The van der Waals surface area contributed by atoms with E-state index in [0.717, 1.165) is 17.0 Å². The Bertz CT molecular complexity index is 865. The molecule has 7 heteroatoms. The van der Waals surface area contributed by atoms with Gasteiger partial charge in [-0.1, -0.05) is 35.9 Å². The van der Waals surface area contributed by atoms with E-state index in [-0.39, 0.29) is 0 Å². The second-order valence-electron chi connectivity index (χ2n) is 8.26. The Balaban J connectivity index is 1.85. The molecule has 148 valence electrons. The molecule has 1 amide bonds. The second-order valence-corrected chi connectivity index (χ2v) is 8.26. The average molecular weight is 382 g/mol. The zero-order valence-electron chi connectivity index (χ0n) is 16.8. The summed E-state index contributed by atoms with van der Waals surface area (Å²) in [6.45, 7) is 5.42. The van der Waals surface area contributed by atoms with Crippen LogP contribution in [-0.4, -0.2) is 31.2 Å². The molecule has 0 aliphatic carbocycles. The minimum atomic E-state index is -2.39. The standard InChI is InChI=1S/C21H25BNO5/c1-20(2)21(3,4)28-22(27-20)18(15-11-13-17(25-5)14-12-15)23(19(24)26-22)16-9-7-6-8-10-16/h6-14,18H,1-5H3/q-1. The molecular weight excluding hydrogens is 357 g/mol. The van der Waals surface area contributed by atoms with Crippen LogP contribution in [0.1, 0.15) is 39.2 Å². The lowest BCUT2D eigenvalue weighted by atomic mass is 9.65. The van der Waals surface area contributed by atoms with Crippen molar-refractivity contribution in [3.8, 4) is 5.75 Å². The lowest BCUT2D eigenvalue weighted by Gasteiger charge is -2.37. The van der Waals surface area contributed by atoms with Crippen LogP contribution < -0.4 is 9.64 Å². The number of hydrogen-bond donors (Lipinski definition) is 0. The molecule has 0 saturated carbocycles. The molecule has 0 aromatic heterocycles. The van der Waals surface area contributed by atoms with E-state index < -0.39 is 30.0 Å². The van der Waals surface area contributed by atoms with Crippen molar-refractivity contribution in [3.05, 3.63) is 60.2 Å². The first-order valence-electron chi connectivity index (χ1n) is 9.45. The Kier molecular flexibility index (Phi) is 4.21. The van der Waals surface area contributed by atoms with Crippen molar-refractivity contribution in [1.82, 2.24) is 0 Å². The lowest BCUT2D eigenvalue weighted by molar-refractivity contribution is 0.00578. The first-order chi connectivity index (χ1) is 13.2. The molecule has 2 heterocycles. The van der Waals surface area contributed by atoms with E-state index in [1.54, 1.807) is 12.0 Å². The summed E-state index contributed by atoms with van der Waals surface area (Å²) < 4.78 is 23.9. The van der Waals surface area contributed by atoms with Crippen LogP contribution in [-0.2, 0) is 14.0 Å². The molecule has 1 atom stereocenters. The van der Waals surface area contributed by atoms with Crippen LogP contribution in [0.4, 0.5) is 10.5 Å². The molecule has 2 aliphatic rings. The number of nitrogens with zero attached hydrogens (tertiary/aromatic N) is 1. The SMILES string of the molecule is COc1ccc(C2N(c3ccccc3)C(=O)O[B-]23OC(C)(C)C(C)(C)O3)cc1. The van der Waals surface area contributed by atoms with Crippen molar-refractivity contribution < 1.29 is 23.5 Å². The molecule has 0 bridgehead atoms. The normalized spacial score (nSPS) is 24.4. The molecule has 0 N–H and O–H groups in total. The summed E-state index contributed by atoms with van der Waals surface area (Å²) in [5, 5.41) is 0. The van der Waals surface area contributed by atoms with Crippen molar-refractivity contribution in [1.29, 1.82) is 0 Å². The molecule has 6 nitrogen and oxygen atoms in total. The maximum atomic E-state index is 13.0. The molecule has 1 unspecified atom stereocenters. The Morgan fingerprint density at radius 3 is 2.04 bits per heavy atom. The monoisotopic (exact) mass is 382 g/mol. The molecule has 0 radical (unpaired) electrons. The van der Waals surface area contributed by atoms with Gasteiger partial charge in [0.05, 0.1) is 7.11 Å². The summed E-state index contributed by atoms with van der Waals surface area (Å²) in [6, 6.07) is 17.0. The van der Waals surface area contributed by atoms with Crippen LogP contribution >= 0.6 is 0 Å². The molecule has 2 aromatic carbocycles. The minimum Gasteiger partial charge on any atom is -0.625 e. The van der Waals surface area contributed by atoms with E-state index in [9.17, 15) is 4.79 Å². The highest BCUT2D eigenvalue weighted by molar-refractivity contribution is 6.68. The second kappa shape index (κ2) is 6.25. The van der Waals surface area contributed by atoms with E-state index in [2.05, 4.69) is 0 Å². The Morgan fingerprint density at radius 1 is 0.929 bits per heavy atom. The van der Waals surface area contributed by atoms with Crippen molar-refractivity contribution in [2.75, 3.05) is 12.0 Å². The van der Waals surface area contributed by atoms with E-state index in [0.29, 0.717) is 0 Å². The highest BCUT2D eigenvalue weighted by Gasteiger charge is 2.64. The van der Waals surface area contributed by atoms with Gasteiger partial charge in [0.15, 0.2) is 0 Å². The molecule has 2 aromatic rings. The van der Waals surface area contributed by atoms with Crippen LogP contribution in [0.5, 0.6) is 5.75 Å². The van der Waals surface area contributed by atoms with Gasteiger partial charge in [0.25, 0.3) is 0 Å². The third kappa shape index (κ3) is 2.77. The van der Waals surface area contributed by atoms with Gasteiger partial charge in [-0.3, -0.25) is 0 Å². The van der Waals surface area contributed by atoms with Gasteiger partial charge in [-0.05, 0) is 52.0 Å². The number of rotatable bonds is 3. The molecule has 28 heavy (non-hydrogen) atoms. The van der Waals surface area contributed by atoms with Gasteiger partial charge in [-0.2, -0.15) is 0 Å². The predicted molar refractivity (Wildman–Crippen MR) is 107 cm³/mol. The molecular formula is C21H25BNO5-. The van der Waals surface area contributed by atoms with E-state index >= 15 is 0 Å². The number of anilines is 1. The minimum absolute atomic E-state index is 0.486. The fourth-order valence-corrected chi connectivity index (χ4v) is 3.90. The topological polar surface area (TPSA) is 57.2 Å². The summed E-state index contributed by atoms with van der Waals surface area (Å²) in [4.78, 5) is 14.6. The first-order valence-corrected chi connectivity index (χ1v) is 9.45. The summed E-state index contributed by atoms with van der Waals surface area (Å²) in [7, 11) is 1.62. The van der Waals surface area contributed by atoms with Crippen molar-refractivity contribution in [2.45, 2.75) is 44.8 Å². The lowest BCUT2D eigenvalue weighted by Crippen LogP contribution is -2.47. The summed E-state index contributed by atoms with van der Waals surface area (Å²) in [5.41, 5.74) is 0.306. The fourth-order valence-electron chi connectivity index (χ4n) is 3.90. The van der Waals surface area contributed by atoms with Crippen LogP contribution in [0.25, 0.3) is 0 Å². The predicted octanol–water partition coefficient (Wildman–Crippen LogP) is 4.48. The van der Waals surface area contributed by atoms with Crippen LogP contribution in [0.2, 0.25) is 0 Å². The van der Waals surface area contributed by atoms with E-state index in [4.69, 9.17) is 18.7 Å². The Labute approximate surface area is 165 Å². The van der Waals surface area contributed by atoms with E-state index in [1.807, 2.05) is 82.3 Å². The highest BCUT2D eigenvalue weighted by Crippen LogP contribution is 2.52. The first kappa shape index (κ1) is 18.8. The maximum absolute atomic E-state index is 13.0. The Morgan fingerprint density at radius 2 is 1.50 bits per heavy atom. The molecule has 1 spiro atoms. The van der Waals surface area contributed by atoms with Gasteiger partial charge in [0, 0.05) is 22.8 Å². The van der Waals surface area contributed by atoms with Crippen molar-refractivity contribution >= 4 is 18.5 Å². The van der Waals surface area contributed by atoms with Gasteiger partial charge in [0.1, 0.15) is 5.75 Å². The van der Waals surface area contributed by atoms with Gasteiger partial charge in [-0.15, -0.1) is 0 Å². The summed E-state index contributed by atoms with van der Waals surface area (Å²) in [5.74, 6) is 0.178. The number of amides is 1. The number of carbonyl (C=O) groups excluding carboxylic acids is 1. The maximum Gasteiger partial charge on any atom is 0.466 e. The zero-order valence-corrected chi connectivity index (χ0v) is 16.8. The molecule has 2 saturated heterocycles. The number of para-hydroxylation sites is 1. The molecule has 4 rings (SSSR count).